The maximum Gasteiger partial charge on any atom is 0.251 e. The minimum Gasteiger partial charge on any atom is -0.349 e. The Balaban J connectivity index is 1.30. The molecule has 1 amide bonds. The van der Waals surface area contributed by atoms with Gasteiger partial charge in [-0.1, -0.05) is 42.5 Å². The smallest absolute Gasteiger partial charge is 0.251 e. The van der Waals surface area contributed by atoms with Crippen molar-refractivity contribution in [2.45, 2.75) is 38.8 Å². The molecule has 0 spiro atoms. The molecule has 1 aliphatic rings. The summed E-state index contributed by atoms with van der Waals surface area (Å²) in [6.07, 6.45) is 1.97. The molecule has 29 heavy (non-hydrogen) atoms. The minimum absolute atomic E-state index is 0.0152. The number of hydrogen-bond acceptors (Lipinski definition) is 4. The lowest BCUT2D eigenvalue weighted by Gasteiger charge is -2.36. The third-order valence-corrected chi connectivity index (χ3v) is 6.72. The van der Waals surface area contributed by atoms with Crippen LogP contribution >= 0.6 is 11.3 Å². The molecule has 1 saturated heterocycles. The first-order valence-electron chi connectivity index (χ1n) is 10.2. The first-order chi connectivity index (χ1) is 14.1. The molecule has 1 atom stereocenters. The van der Waals surface area contributed by atoms with Crippen molar-refractivity contribution in [3.05, 3.63) is 76.8 Å². The molecule has 1 aromatic heterocycles. The highest BCUT2D eigenvalue weighted by Crippen LogP contribution is 2.25. The van der Waals surface area contributed by atoms with Gasteiger partial charge in [-0.05, 0) is 44.4 Å². The van der Waals surface area contributed by atoms with Crippen LogP contribution in [0.1, 0.15) is 47.4 Å². The van der Waals surface area contributed by atoms with E-state index in [1.165, 1.54) is 5.56 Å². The monoisotopic (exact) mass is 405 g/mol. The Morgan fingerprint density at radius 1 is 1.10 bits per heavy atom. The van der Waals surface area contributed by atoms with E-state index in [0.29, 0.717) is 11.6 Å². The molecule has 4 nitrogen and oxygen atoms in total. The average molecular weight is 406 g/mol. The van der Waals surface area contributed by atoms with Crippen LogP contribution in [0.25, 0.3) is 10.6 Å². The summed E-state index contributed by atoms with van der Waals surface area (Å²) in [5.41, 5.74) is 4.15. The summed E-state index contributed by atoms with van der Waals surface area (Å²) in [5, 5.41) is 6.26. The topological polar surface area (TPSA) is 45.2 Å². The predicted molar refractivity (Wildman–Crippen MR) is 119 cm³/mol. The van der Waals surface area contributed by atoms with Gasteiger partial charge in [0.1, 0.15) is 5.01 Å². The van der Waals surface area contributed by atoms with Crippen LogP contribution in [-0.4, -0.2) is 34.9 Å². The van der Waals surface area contributed by atoms with E-state index in [2.05, 4.69) is 52.5 Å². The second kappa shape index (κ2) is 8.89. The van der Waals surface area contributed by atoms with E-state index < -0.39 is 0 Å². The molecule has 1 unspecified atom stereocenters. The summed E-state index contributed by atoms with van der Waals surface area (Å²) in [4.78, 5) is 19.7. The third kappa shape index (κ3) is 4.74. The van der Waals surface area contributed by atoms with Gasteiger partial charge in [0.15, 0.2) is 0 Å². The fourth-order valence-corrected chi connectivity index (χ4v) is 4.70. The second-order valence-electron chi connectivity index (χ2n) is 7.74. The van der Waals surface area contributed by atoms with Gasteiger partial charge in [-0.25, -0.2) is 4.98 Å². The molecule has 1 aliphatic heterocycles. The molecular formula is C24H27N3OS. The summed E-state index contributed by atoms with van der Waals surface area (Å²) in [5.74, 6) is 0.0152. The molecule has 0 saturated carbocycles. The van der Waals surface area contributed by atoms with Gasteiger partial charge in [-0.3, -0.25) is 9.69 Å². The standard InChI is InChI=1S/C24H27N3OS/c1-17-16-29-24(25-17)21-10-8-20(9-11-21)23(28)26-22-12-14-27(15-13-22)18(2)19-6-4-3-5-7-19/h3-11,16,18,22H,12-15H2,1-2H3,(H,26,28). The number of carbonyl (C=O) groups is 1. The van der Waals surface area contributed by atoms with Crippen LogP contribution in [0, 0.1) is 6.92 Å². The third-order valence-electron chi connectivity index (χ3n) is 5.71. The molecule has 0 radical (unpaired) electrons. The molecular weight excluding hydrogens is 378 g/mol. The quantitative estimate of drug-likeness (QED) is 0.644. The number of hydrogen-bond donors (Lipinski definition) is 1. The molecule has 3 aromatic rings. The largest absolute Gasteiger partial charge is 0.349 e. The number of aryl methyl sites for hydroxylation is 1. The van der Waals surface area contributed by atoms with Crippen molar-refractivity contribution in [1.82, 2.24) is 15.2 Å². The molecule has 1 fully saturated rings. The van der Waals surface area contributed by atoms with Crippen LogP contribution in [0.3, 0.4) is 0 Å². The van der Waals surface area contributed by atoms with Crippen molar-refractivity contribution in [2.75, 3.05) is 13.1 Å². The highest BCUT2D eigenvalue weighted by atomic mass is 32.1. The lowest BCUT2D eigenvalue weighted by molar-refractivity contribution is 0.0896. The number of piperidine rings is 1. The summed E-state index contributed by atoms with van der Waals surface area (Å²) < 4.78 is 0. The van der Waals surface area contributed by atoms with Gasteiger partial charge in [-0.15, -0.1) is 11.3 Å². The lowest BCUT2D eigenvalue weighted by atomic mass is 10.00. The first-order valence-corrected chi connectivity index (χ1v) is 11.1. The van der Waals surface area contributed by atoms with Crippen molar-refractivity contribution in [3.63, 3.8) is 0 Å². The molecule has 1 N–H and O–H groups in total. The fraction of sp³-hybridized carbons (Fsp3) is 0.333. The van der Waals surface area contributed by atoms with Crippen LogP contribution in [0.2, 0.25) is 0 Å². The molecule has 0 bridgehead atoms. The van der Waals surface area contributed by atoms with E-state index in [4.69, 9.17) is 0 Å². The Kier molecular flexibility index (Phi) is 6.07. The Labute approximate surface area is 176 Å². The highest BCUT2D eigenvalue weighted by Gasteiger charge is 2.24. The van der Waals surface area contributed by atoms with E-state index in [1.807, 2.05) is 36.6 Å². The number of rotatable bonds is 5. The summed E-state index contributed by atoms with van der Waals surface area (Å²) in [6, 6.07) is 19.0. The van der Waals surface area contributed by atoms with Crippen molar-refractivity contribution < 1.29 is 4.79 Å². The van der Waals surface area contributed by atoms with Crippen molar-refractivity contribution in [1.29, 1.82) is 0 Å². The number of benzene rings is 2. The van der Waals surface area contributed by atoms with Gasteiger partial charge in [0, 0.05) is 47.4 Å². The maximum atomic E-state index is 12.7. The van der Waals surface area contributed by atoms with E-state index in [1.54, 1.807) is 11.3 Å². The van der Waals surface area contributed by atoms with Gasteiger partial charge in [0.05, 0.1) is 0 Å². The number of carbonyl (C=O) groups excluding carboxylic acids is 1. The molecule has 4 rings (SSSR count). The summed E-state index contributed by atoms with van der Waals surface area (Å²) in [6.45, 7) is 6.26. The Hall–Kier alpha value is -2.50. The normalized spacial score (nSPS) is 16.5. The Morgan fingerprint density at radius 2 is 1.79 bits per heavy atom. The minimum atomic E-state index is 0.0152. The predicted octanol–water partition coefficient (Wildman–Crippen LogP) is 5.07. The molecule has 2 heterocycles. The van der Waals surface area contributed by atoms with E-state index in [0.717, 1.165) is 42.2 Å². The summed E-state index contributed by atoms with van der Waals surface area (Å²) >= 11 is 1.63. The number of amides is 1. The van der Waals surface area contributed by atoms with Gasteiger partial charge >= 0.3 is 0 Å². The van der Waals surface area contributed by atoms with Crippen molar-refractivity contribution >= 4 is 17.2 Å². The average Bonchev–Trinajstić information content (AvgIpc) is 3.21. The highest BCUT2D eigenvalue weighted by molar-refractivity contribution is 7.13. The maximum absolute atomic E-state index is 12.7. The number of nitrogens with zero attached hydrogens (tertiary/aromatic N) is 2. The second-order valence-corrected chi connectivity index (χ2v) is 8.60. The molecule has 2 aromatic carbocycles. The van der Waals surface area contributed by atoms with Crippen LogP contribution in [-0.2, 0) is 0 Å². The van der Waals surface area contributed by atoms with Crippen LogP contribution in [0.15, 0.2) is 60.0 Å². The number of nitrogens with one attached hydrogen (secondary N) is 1. The Bertz CT molecular complexity index is 944. The van der Waals surface area contributed by atoms with Gasteiger partial charge in [0.2, 0.25) is 0 Å². The van der Waals surface area contributed by atoms with Crippen LogP contribution in [0.4, 0.5) is 0 Å². The molecule has 150 valence electrons. The van der Waals surface area contributed by atoms with E-state index in [-0.39, 0.29) is 11.9 Å². The number of likely N-dealkylation sites (tertiary alicyclic amines) is 1. The fourth-order valence-electron chi connectivity index (χ4n) is 3.89. The van der Waals surface area contributed by atoms with Crippen LogP contribution < -0.4 is 5.32 Å². The van der Waals surface area contributed by atoms with Crippen molar-refractivity contribution in [2.24, 2.45) is 0 Å². The lowest BCUT2D eigenvalue weighted by Crippen LogP contribution is -2.45. The zero-order valence-corrected chi connectivity index (χ0v) is 17.8. The van der Waals surface area contributed by atoms with E-state index in [9.17, 15) is 4.79 Å². The first kappa shape index (κ1) is 19.8. The SMILES string of the molecule is Cc1csc(-c2ccc(C(=O)NC3CCN(C(C)c4ccccc4)CC3)cc2)n1. The molecule has 0 aliphatic carbocycles. The van der Waals surface area contributed by atoms with Gasteiger partial charge in [0.25, 0.3) is 5.91 Å². The zero-order chi connectivity index (χ0) is 20.2. The number of thiazole rings is 1. The van der Waals surface area contributed by atoms with Crippen molar-refractivity contribution in [3.8, 4) is 10.6 Å². The summed E-state index contributed by atoms with van der Waals surface area (Å²) in [7, 11) is 0. The zero-order valence-electron chi connectivity index (χ0n) is 17.0. The van der Waals surface area contributed by atoms with E-state index >= 15 is 0 Å². The molecule has 5 heteroatoms. The van der Waals surface area contributed by atoms with Crippen LogP contribution in [0.5, 0.6) is 0 Å². The number of aromatic nitrogens is 1. The Morgan fingerprint density at radius 3 is 2.41 bits per heavy atom. The van der Waals surface area contributed by atoms with Gasteiger partial charge in [-0.2, -0.15) is 0 Å². The van der Waals surface area contributed by atoms with Gasteiger partial charge < -0.3 is 5.32 Å².